The fourth-order valence-corrected chi connectivity index (χ4v) is 7.25. The number of aromatic nitrogens is 3. The molecule has 2 heterocycles. The van der Waals surface area contributed by atoms with Crippen LogP contribution in [0.25, 0.3) is 77.6 Å². The molecule has 3 heteroatoms. The number of pyridine rings is 1. The summed E-state index contributed by atoms with van der Waals surface area (Å²) in [5.41, 5.74) is 12.4. The van der Waals surface area contributed by atoms with Gasteiger partial charge in [0.05, 0.1) is 22.4 Å². The maximum atomic E-state index is 5.27. The van der Waals surface area contributed by atoms with Gasteiger partial charge >= 0.3 is 0 Å². The largest absolute Gasteiger partial charge is 0.247 e. The van der Waals surface area contributed by atoms with Crippen molar-refractivity contribution in [3.05, 3.63) is 151 Å². The normalized spacial score (nSPS) is 13.3. The predicted octanol–water partition coefficient (Wildman–Crippen LogP) is 10.6. The monoisotopic (exact) mass is 575 g/mol. The van der Waals surface area contributed by atoms with Gasteiger partial charge in [-0.1, -0.05) is 141 Å². The SMILES string of the molecule is CC1(C)c2ccccc2-c2c1ccc1c(-c3ccc(-c4nc(-c5ccccc5)nc5ccccc45)cc3)nc3ccccc3c21. The molecule has 0 unspecified atom stereocenters. The van der Waals surface area contributed by atoms with E-state index < -0.39 is 0 Å². The summed E-state index contributed by atoms with van der Waals surface area (Å²) in [4.78, 5) is 15.2. The third-order valence-corrected chi connectivity index (χ3v) is 9.48. The van der Waals surface area contributed by atoms with Crippen LogP contribution in [0.3, 0.4) is 0 Å². The fraction of sp³-hybridized carbons (Fsp3) is 0.0714. The Balaban J connectivity index is 1.25. The van der Waals surface area contributed by atoms with Gasteiger partial charge in [0.1, 0.15) is 0 Å². The molecule has 0 bridgehead atoms. The molecule has 0 amide bonds. The highest BCUT2D eigenvalue weighted by molar-refractivity contribution is 6.19. The van der Waals surface area contributed by atoms with E-state index in [1.54, 1.807) is 0 Å². The molecule has 0 fully saturated rings. The van der Waals surface area contributed by atoms with Gasteiger partial charge < -0.3 is 0 Å². The molecule has 1 aliphatic carbocycles. The second kappa shape index (κ2) is 9.67. The first-order valence-electron chi connectivity index (χ1n) is 15.5. The Morgan fingerprint density at radius 3 is 1.78 bits per heavy atom. The Labute approximate surface area is 261 Å². The molecule has 0 aliphatic heterocycles. The Morgan fingerprint density at radius 1 is 0.422 bits per heavy atom. The minimum atomic E-state index is -0.0643. The van der Waals surface area contributed by atoms with E-state index in [-0.39, 0.29) is 5.41 Å². The lowest BCUT2D eigenvalue weighted by Crippen LogP contribution is -2.14. The van der Waals surface area contributed by atoms with Gasteiger partial charge in [-0.3, -0.25) is 0 Å². The number of hydrogen-bond donors (Lipinski definition) is 0. The second-order valence-electron chi connectivity index (χ2n) is 12.4. The highest BCUT2D eigenvalue weighted by atomic mass is 14.9. The molecule has 2 aromatic heterocycles. The molecule has 6 aromatic carbocycles. The lowest BCUT2D eigenvalue weighted by molar-refractivity contribution is 0.661. The van der Waals surface area contributed by atoms with Gasteiger partial charge in [-0.05, 0) is 34.4 Å². The standard InChI is InChI=1S/C42H29N3/c1-42(2)33-17-9-6-14-29(33)38-34(42)25-24-32-37(38)30-15-7-10-18-35(30)43-40(32)27-22-20-26(21-23-27)39-31-16-8-11-19-36(31)44-41(45-39)28-12-4-3-5-13-28/h3-25H,1-2H3. The minimum Gasteiger partial charge on any atom is -0.247 e. The number of fused-ring (bicyclic) bond motifs is 8. The van der Waals surface area contributed by atoms with Crippen LogP contribution in [0.1, 0.15) is 25.0 Å². The van der Waals surface area contributed by atoms with E-state index in [1.165, 1.54) is 38.4 Å². The van der Waals surface area contributed by atoms with Crippen molar-refractivity contribution in [1.29, 1.82) is 0 Å². The van der Waals surface area contributed by atoms with Gasteiger partial charge in [0.15, 0.2) is 5.82 Å². The summed E-state index contributed by atoms with van der Waals surface area (Å²) in [5.74, 6) is 0.729. The molecule has 212 valence electrons. The number of para-hydroxylation sites is 2. The van der Waals surface area contributed by atoms with Crippen molar-refractivity contribution in [2.45, 2.75) is 19.3 Å². The van der Waals surface area contributed by atoms with E-state index in [9.17, 15) is 0 Å². The van der Waals surface area contributed by atoms with Crippen molar-refractivity contribution < 1.29 is 0 Å². The Morgan fingerprint density at radius 2 is 1.02 bits per heavy atom. The zero-order valence-electron chi connectivity index (χ0n) is 25.1. The summed E-state index contributed by atoms with van der Waals surface area (Å²) < 4.78 is 0. The molecule has 45 heavy (non-hydrogen) atoms. The second-order valence-corrected chi connectivity index (χ2v) is 12.4. The van der Waals surface area contributed by atoms with Gasteiger partial charge in [-0.2, -0.15) is 0 Å². The van der Waals surface area contributed by atoms with Crippen LogP contribution in [0.2, 0.25) is 0 Å². The molecular formula is C42H29N3. The zero-order chi connectivity index (χ0) is 30.1. The van der Waals surface area contributed by atoms with Crippen LogP contribution >= 0.6 is 0 Å². The van der Waals surface area contributed by atoms with Crippen LogP contribution in [0.5, 0.6) is 0 Å². The summed E-state index contributed by atoms with van der Waals surface area (Å²) >= 11 is 0. The van der Waals surface area contributed by atoms with Crippen molar-refractivity contribution in [2.75, 3.05) is 0 Å². The number of benzene rings is 6. The van der Waals surface area contributed by atoms with E-state index >= 15 is 0 Å². The first-order chi connectivity index (χ1) is 22.1. The van der Waals surface area contributed by atoms with Crippen molar-refractivity contribution in [2.24, 2.45) is 0 Å². The summed E-state index contributed by atoms with van der Waals surface area (Å²) in [6.07, 6.45) is 0. The van der Waals surface area contributed by atoms with Gasteiger partial charge in [0, 0.05) is 43.7 Å². The van der Waals surface area contributed by atoms with E-state index in [2.05, 4.69) is 129 Å². The average Bonchev–Trinajstić information content (AvgIpc) is 3.34. The number of rotatable bonds is 3. The Bertz CT molecular complexity index is 2440. The highest BCUT2D eigenvalue weighted by Crippen LogP contribution is 2.53. The van der Waals surface area contributed by atoms with Crippen LogP contribution in [0, 0.1) is 0 Å². The number of hydrogen-bond acceptors (Lipinski definition) is 3. The third-order valence-electron chi connectivity index (χ3n) is 9.48. The molecule has 1 aliphatic rings. The Hall–Kier alpha value is -5.67. The summed E-state index contributed by atoms with van der Waals surface area (Å²) in [6, 6.07) is 49.2. The van der Waals surface area contributed by atoms with Crippen molar-refractivity contribution >= 4 is 32.6 Å². The van der Waals surface area contributed by atoms with Crippen LogP contribution in [-0.2, 0) is 5.41 Å². The van der Waals surface area contributed by atoms with E-state index in [0.29, 0.717) is 0 Å². The van der Waals surface area contributed by atoms with Gasteiger partial charge in [0.25, 0.3) is 0 Å². The van der Waals surface area contributed by atoms with E-state index in [1.807, 2.05) is 24.3 Å². The van der Waals surface area contributed by atoms with Crippen molar-refractivity contribution in [3.63, 3.8) is 0 Å². The third kappa shape index (κ3) is 3.87. The maximum Gasteiger partial charge on any atom is 0.160 e. The van der Waals surface area contributed by atoms with Crippen LogP contribution in [0.15, 0.2) is 140 Å². The predicted molar refractivity (Wildman–Crippen MR) is 186 cm³/mol. The molecule has 0 radical (unpaired) electrons. The molecule has 0 spiro atoms. The average molecular weight is 576 g/mol. The molecule has 3 nitrogen and oxygen atoms in total. The molecule has 8 aromatic rings. The summed E-state index contributed by atoms with van der Waals surface area (Å²) in [7, 11) is 0. The molecule has 0 saturated heterocycles. The number of nitrogens with zero attached hydrogens (tertiary/aromatic N) is 3. The summed E-state index contributed by atoms with van der Waals surface area (Å²) in [6.45, 7) is 4.68. The van der Waals surface area contributed by atoms with Crippen LogP contribution in [0.4, 0.5) is 0 Å². The molecule has 0 N–H and O–H groups in total. The van der Waals surface area contributed by atoms with Crippen molar-refractivity contribution in [3.8, 4) is 45.0 Å². The van der Waals surface area contributed by atoms with Gasteiger partial charge in [0.2, 0.25) is 0 Å². The molecule has 9 rings (SSSR count). The lowest BCUT2D eigenvalue weighted by atomic mass is 9.82. The first-order valence-corrected chi connectivity index (χ1v) is 15.5. The lowest BCUT2D eigenvalue weighted by Gasteiger charge is -2.22. The fourth-order valence-electron chi connectivity index (χ4n) is 7.25. The van der Waals surface area contributed by atoms with Gasteiger partial charge in [-0.15, -0.1) is 0 Å². The van der Waals surface area contributed by atoms with Crippen molar-refractivity contribution in [1.82, 2.24) is 15.0 Å². The van der Waals surface area contributed by atoms with Crippen LogP contribution < -0.4 is 0 Å². The quantitative estimate of drug-likeness (QED) is 0.197. The minimum absolute atomic E-state index is 0.0643. The highest BCUT2D eigenvalue weighted by Gasteiger charge is 2.36. The summed E-state index contributed by atoms with van der Waals surface area (Å²) in [5, 5.41) is 4.69. The molecule has 0 atom stereocenters. The van der Waals surface area contributed by atoms with E-state index in [4.69, 9.17) is 15.0 Å². The molecule has 0 saturated carbocycles. The smallest absolute Gasteiger partial charge is 0.160 e. The topological polar surface area (TPSA) is 38.7 Å². The van der Waals surface area contributed by atoms with Gasteiger partial charge in [-0.25, -0.2) is 15.0 Å². The first kappa shape index (κ1) is 25.8. The van der Waals surface area contributed by atoms with E-state index in [0.717, 1.165) is 50.3 Å². The van der Waals surface area contributed by atoms with Crippen LogP contribution in [-0.4, -0.2) is 15.0 Å². The molecular weight excluding hydrogens is 546 g/mol. The maximum absolute atomic E-state index is 5.27. The zero-order valence-corrected chi connectivity index (χ0v) is 25.1. The Kier molecular flexibility index (Phi) is 5.54.